The van der Waals surface area contributed by atoms with Crippen molar-refractivity contribution in [3.8, 4) is 5.75 Å². The maximum Gasteiger partial charge on any atom is 0.178 e. The van der Waals surface area contributed by atoms with E-state index < -0.39 is 0 Å². The Morgan fingerprint density at radius 3 is 2.58 bits per heavy atom. The van der Waals surface area contributed by atoms with Crippen LogP contribution >= 0.6 is 0 Å². The van der Waals surface area contributed by atoms with Crippen molar-refractivity contribution in [1.29, 1.82) is 0 Å². The SMILES string of the molecule is C=C(CC)OOc1ccccc1. The molecule has 0 unspecified atom stereocenters. The van der Waals surface area contributed by atoms with Crippen molar-refractivity contribution in [3.05, 3.63) is 42.7 Å². The summed E-state index contributed by atoms with van der Waals surface area (Å²) in [6.45, 7) is 5.60. The molecule has 1 aromatic carbocycles. The van der Waals surface area contributed by atoms with Gasteiger partial charge in [-0.1, -0.05) is 31.7 Å². The van der Waals surface area contributed by atoms with E-state index in [1.807, 2.05) is 37.3 Å². The van der Waals surface area contributed by atoms with E-state index in [0.717, 1.165) is 6.42 Å². The van der Waals surface area contributed by atoms with Crippen LogP contribution in [0, 0.1) is 0 Å². The second kappa shape index (κ2) is 4.44. The largest absolute Gasteiger partial charge is 0.295 e. The highest BCUT2D eigenvalue weighted by molar-refractivity contribution is 5.20. The van der Waals surface area contributed by atoms with E-state index in [1.54, 1.807) is 0 Å². The van der Waals surface area contributed by atoms with E-state index >= 15 is 0 Å². The van der Waals surface area contributed by atoms with Gasteiger partial charge in [-0.15, -0.1) is 0 Å². The zero-order valence-electron chi connectivity index (χ0n) is 7.12. The summed E-state index contributed by atoms with van der Waals surface area (Å²) in [5, 5.41) is 0. The molecule has 0 aliphatic rings. The normalized spacial score (nSPS) is 9.08. The van der Waals surface area contributed by atoms with Crippen LogP contribution in [-0.4, -0.2) is 0 Å². The lowest BCUT2D eigenvalue weighted by atomic mass is 10.3. The van der Waals surface area contributed by atoms with Gasteiger partial charge in [0.05, 0.1) is 0 Å². The molecular formula is C10H12O2. The highest BCUT2D eigenvalue weighted by atomic mass is 17.2. The van der Waals surface area contributed by atoms with Crippen LogP contribution in [0.15, 0.2) is 42.7 Å². The van der Waals surface area contributed by atoms with Crippen LogP contribution in [0.5, 0.6) is 5.75 Å². The van der Waals surface area contributed by atoms with E-state index in [-0.39, 0.29) is 0 Å². The first kappa shape index (κ1) is 8.65. The van der Waals surface area contributed by atoms with E-state index in [2.05, 4.69) is 6.58 Å². The Labute approximate surface area is 72.4 Å². The van der Waals surface area contributed by atoms with Gasteiger partial charge in [0.2, 0.25) is 0 Å². The first-order valence-electron chi connectivity index (χ1n) is 3.90. The number of hydrogen-bond acceptors (Lipinski definition) is 2. The van der Waals surface area contributed by atoms with Gasteiger partial charge in [-0.2, -0.15) is 0 Å². The summed E-state index contributed by atoms with van der Waals surface area (Å²) in [5.74, 6) is 1.31. The minimum absolute atomic E-state index is 0.624. The molecule has 0 saturated heterocycles. The lowest BCUT2D eigenvalue weighted by Crippen LogP contribution is -1.95. The van der Waals surface area contributed by atoms with Gasteiger partial charge in [0, 0.05) is 6.42 Å². The van der Waals surface area contributed by atoms with Crippen LogP contribution in [-0.2, 0) is 4.89 Å². The molecule has 1 aromatic rings. The lowest BCUT2D eigenvalue weighted by Gasteiger charge is -2.05. The summed E-state index contributed by atoms with van der Waals surface area (Å²) < 4.78 is 0. The lowest BCUT2D eigenvalue weighted by molar-refractivity contribution is -0.167. The predicted molar refractivity (Wildman–Crippen MR) is 47.6 cm³/mol. The van der Waals surface area contributed by atoms with Crippen LogP contribution in [0.25, 0.3) is 0 Å². The number of benzene rings is 1. The van der Waals surface area contributed by atoms with Crippen LogP contribution in [0.4, 0.5) is 0 Å². The first-order valence-corrected chi connectivity index (χ1v) is 3.90. The zero-order chi connectivity index (χ0) is 8.81. The summed E-state index contributed by atoms with van der Waals surface area (Å²) in [7, 11) is 0. The van der Waals surface area contributed by atoms with Gasteiger partial charge in [-0.3, -0.25) is 9.78 Å². The van der Waals surface area contributed by atoms with Gasteiger partial charge >= 0.3 is 0 Å². The Balaban J connectivity index is 2.38. The van der Waals surface area contributed by atoms with E-state index in [1.165, 1.54) is 0 Å². The molecule has 0 fully saturated rings. The van der Waals surface area contributed by atoms with Crippen molar-refractivity contribution in [3.63, 3.8) is 0 Å². The van der Waals surface area contributed by atoms with E-state index in [4.69, 9.17) is 9.78 Å². The highest BCUT2D eigenvalue weighted by Crippen LogP contribution is 2.10. The Bertz CT molecular complexity index is 241. The molecule has 0 aliphatic heterocycles. The zero-order valence-corrected chi connectivity index (χ0v) is 7.12. The van der Waals surface area contributed by atoms with Crippen LogP contribution in [0.2, 0.25) is 0 Å². The molecule has 0 atom stereocenters. The molecule has 0 heterocycles. The summed E-state index contributed by atoms with van der Waals surface area (Å²) >= 11 is 0. The number of para-hydroxylation sites is 1. The molecule has 12 heavy (non-hydrogen) atoms. The molecule has 0 aliphatic carbocycles. The van der Waals surface area contributed by atoms with Crippen molar-refractivity contribution < 1.29 is 9.78 Å². The molecule has 1 rings (SSSR count). The third-order valence-electron chi connectivity index (χ3n) is 1.39. The average Bonchev–Trinajstić information content (AvgIpc) is 2.16. The second-order valence-electron chi connectivity index (χ2n) is 2.37. The molecule has 0 spiro atoms. The second-order valence-corrected chi connectivity index (χ2v) is 2.37. The van der Waals surface area contributed by atoms with Crippen molar-refractivity contribution in [2.75, 3.05) is 0 Å². The Kier molecular flexibility index (Phi) is 3.20. The molecule has 2 heteroatoms. The van der Waals surface area contributed by atoms with E-state index in [9.17, 15) is 0 Å². The Hall–Kier alpha value is -1.44. The fraction of sp³-hybridized carbons (Fsp3) is 0.200. The van der Waals surface area contributed by atoms with Crippen molar-refractivity contribution in [1.82, 2.24) is 0 Å². The summed E-state index contributed by atoms with van der Waals surface area (Å²) in [6, 6.07) is 9.33. The standard InChI is InChI=1S/C10H12O2/c1-3-9(2)11-12-10-7-5-4-6-8-10/h4-8H,2-3H2,1H3. The predicted octanol–water partition coefficient (Wildman–Crippen LogP) is 2.92. The van der Waals surface area contributed by atoms with Gasteiger partial charge < -0.3 is 0 Å². The maximum atomic E-state index is 4.96. The maximum absolute atomic E-state index is 4.96. The first-order chi connectivity index (χ1) is 5.83. The minimum atomic E-state index is 0.624. The highest BCUT2D eigenvalue weighted by Gasteiger charge is 1.93. The van der Waals surface area contributed by atoms with Crippen LogP contribution in [0.3, 0.4) is 0 Å². The van der Waals surface area contributed by atoms with Gasteiger partial charge in [-0.05, 0) is 12.1 Å². The Morgan fingerprint density at radius 1 is 1.33 bits per heavy atom. The quantitative estimate of drug-likeness (QED) is 0.387. The summed E-state index contributed by atoms with van der Waals surface area (Å²) in [4.78, 5) is 9.84. The molecule has 0 saturated carbocycles. The van der Waals surface area contributed by atoms with Crippen molar-refractivity contribution in [2.24, 2.45) is 0 Å². The number of hydrogen-bond donors (Lipinski definition) is 0. The molecule has 0 radical (unpaired) electrons. The third-order valence-corrected chi connectivity index (χ3v) is 1.39. The number of allylic oxidation sites excluding steroid dienone is 1. The number of rotatable bonds is 4. The fourth-order valence-corrected chi connectivity index (χ4v) is 0.642. The van der Waals surface area contributed by atoms with Crippen LogP contribution in [0.1, 0.15) is 13.3 Å². The van der Waals surface area contributed by atoms with Gasteiger partial charge in [0.25, 0.3) is 0 Å². The molecule has 0 N–H and O–H groups in total. The summed E-state index contributed by atoms with van der Waals surface area (Å²) in [5.41, 5.74) is 0. The molecule has 0 aromatic heterocycles. The van der Waals surface area contributed by atoms with Crippen LogP contribution < -0.4 is 4.89 Å². The van der Waals surface area contributed by atoms with Gasteiger partial charge in [0.15, 0.2) is 5.75 Å². The molecule has 0 amide bonds. The fourth-order valence-electron chi connectivity index (χ4n) is 0.642. The summed E-state index contributed by atoms with van der Waals surface area (Å²) in [6.07, 6.45) is 0.757. The van der Waals surface area contributed by atoms with Gasteiger partial charge in [-0.25, -0.2) is 0 Å². The molecule has 64 valence electrons. The van der Waals surface area contributed by atoms with Crippen molar-refractivity contribution in [2.45, 2.75) is 13.3 Å². The van der Waals surface area contributed by atoms with E-state index in [0.29, 0.717) is 11.5 Å². The monoisotopic (exact) mass is 164 g/mol. The topological polar surface area (TPSA) is 18.5 Å². The Morgan fingerprint density at radius 2 is 2.00 bits per heavy atom. The molecular weight excluding hydrogens is 152 g/mol. The van der Waals surface area contributed by atoms with Crippen molar-refractivity contribution >= 4 is 0 Å². The minimum Gasteiger partial charge on any atom is -0.295 e. The molecule has 0 bridgehead atoms. The third kappa shape index (κ3) is 2.66. The average molecular weight is 164 g/mol. The molecule has 2 nitrogen and oxygen atoms in total. The van der Waals surface area contributed by atoms with Gasteiger partial charge in [0.1, 0.15) is 5.76 Å². The smallest absolute Gasteiger partial charge is 0.178 e.